The van der Waals surface area contributed by atoms with E-state index in [1.165, 1.54) is 25.3 Å². The first-order valence-corrected chi connectivity index (χ1v) is 8.50. The Balaban J connectivity index is 3.17. The molecule has 0 atom stereocenters. The van der Waals surface area contributed by atoms with E-state index in [0.29, 0.717) is 0 Å². The third kappa shape index (κ3) is 3.95. The summed E-state index contributed by atoms with van der Waals surface area (Å²) >= 11 is 0. The van der Waals surface area contributed by atoms with Crippen LogP contribution in [0.2, 0.25) is 0 Å². The number of methoxy groups -OCH3 is 1. The Kier molecular flexibility index (Phi) is 4.54. The lowest BCUT2D eigenvalue weighted by atomic mass is 10.4. The molecule has 1 aromatic carbocycles. The summed E-state index contributed by atoms with van der Waals surface area (Å²) < 4.78 is 50.3. The molecular weight excluding hydrogens is 288 g/mol. The Hall–Kier alpha value is -0.630. The molecule has 1 rings (SSSR count). The highest BCUT2D eigenvalue weighted by atomic mass is 35.7. The van der Waals surface area contributed by atoms with Crippen molar-refractivity contribution in [2.24, 2.45) is 0 Å². The maximum atomic E-state index is 11.8. The van der Waals surface area contributed by atoms with Crippen LogP contribution in [0.3, 0.4) is 0 Å². The van der Waals surface area contributed by atoms with Crippen LogP contribution >= 0.6 is 10.7 Å². The summed E-state index contributed by atoms with van der Waals surface area (Å²) in [4.78, 5) is -0.325. The molecule has 0 radical (unpaired) electrons. The van der Waals surface area contributed by atoms with Gasteiger partial charge in [0.15, 0.2) is 9.84 Å². The molecule has 0 saturated carbocycles. The number of halogens is 1. The minimum absolute atomic E-state index is 0.0419. The first kappa shape index (κ1) is 14.4. The smallest absolute Gasteiger partial charge is 0.261 e. The molecule has 0 aliphatic rings. The van der Waals surface area contributed by atoms with Gasteiger partial charge in [0.1, 0.15) is 0 Å². The van der Waals surface area contributed by atoms with Crippen LogP contribution in [0, 0.1) is 0 Å². The van der Waals surface area contributed by atoms with Crippen molar-refractivity contribution in [3.8, 4) is 0 Å². The zero-order chi connectivity index (χ0) is 13.1. The monoisotopic (exact) mass is 298 g/mol. The second-order valence-corrected chi connectivity index (χ2v) is 7.90. The van der Waals surface area contributed by atoms with E-state index in [9.17, 15) is 16.8 Å². The highest BCUT2D eigenvalue weighted by Gasteiger charge is 2.17. The molecule has 0 heterocycles. The van der Waals surface area contributed by atoms with Crippen LogP contribution in [0.15, 0.2) is 34.1 Å². The van der Waals surface area contributed by atoms with Crippen molar-refractivity contribution in [3.63, 3.8) is 0 Å². The lowest BCUT2D eigenvalue weighted by Crippen LogP contribution is -2.11. The largest absolute Gasteiger partial charge is 0.384 e. The van der Waals surface area contributed by atoms with Crippen molar-refractivity contribution >= 4 is 29.6 Å². The van der Waals surface area contributed by atoms with E-state index in [0.717, 1.165) is 6.07 Å². The number of hydrogen-bond acceptors (Lipinski definition) is 5. The van der Waals surface area contributed by atoms with Gasteiger partial charge in [-0.15, -0.1) is 0 Å². The van der Waals surface area contributed by atoms with Crippen molar-refractivity contribution in [1.29, 1.82) is 0 Å². The van der Waals surface area contributed by atoms with Crippen molar-refractivity contribution < 1.29 is 21.6 Å². The molecule has 0 amide bonds. The average molecular weight is 299 g/mol. The molecule has 0 N–H and O–H groups in total. The first-order chi connectivity index (χ1) is 7.77. The van der Waals surface area contributed by atoms with E-state index in [4.69, 9.17) is 10.7 Å². The number of hydrogen-bond donors (Lipinski definition) is 0. The molecule has 96 valence electrons. The maximum Gasteiger partial charge on any atom is 0.261 e. The standard InChI is InChI=1S/C9H11ClO5S2/c1-15-5-6-16(11,12)8-3-2-4-9(7-8)17(10,13)14/h2-4,7H,5-6H2,1H3. The van der Waals surface area contributed by atoms with Gasteiger partial charge >= 0.3 is 0 Å². The maximum absolute atomic E-state index is 11.8. The van der Waals surface area contributed by atoms with E-state index in [1.54, 1.807) is 0 Å². The lowest BCUT2D eigenvalue weighted by molar-refractivity contribution is 0.217. The van der Waals surface area contributed by atoms with Gasteiger partial charge in [-0.3, -0.25) is 0 Å². The first-order valence-electron chi connectivity index (χ1n) is 4.54. The Morgan fingerprint density at radius 1 is 1.18 bits per heavy atom. The van der Waals surface area contributed by atoms with E-state index in [2.05, 4.69) is 4.74 Å². The van der Waals surface area contributed by atoms with Gasteiger partial charge in [-0.05, 0) is 18.2 Å². The molecule has 0 unspecified atom stereocenters. The highest BCUT2D eigenvalue weighted by Crippen LogP contribution is 2.19. The highest BCUT2D eigenvalue weighted by molar-refractivity contribution is 8.13. The Morgan fingerprint density at radius 3 is 2.29 bits per heavy atom. The van der Waals surface area contributed by atoms with Crippen molar-refractivity contribution in [1.82, 2.24) is 0 Å². The summed E-state index contributed by atoms with van der Waals surface area (Å²) in [6.07, 6.45) is 0. The van der Waals surface area contributed by atoms with Gasteiger partial charge < -0.3 is 4.74 Å². The Morgan fingerprint density at radius 2 is 1.76 bits per heavy atom. The number of benzene rings is 1. The molecular formula is C9H11ClO5S2. The fourth-order valence-electron chi connectivity index (χ4n) is 1.13. The van der Waals surface area contributed by atoms with Crippen LogP contribution in [0.1, 0.15) is 0 Å². The van der Waals surface area contributed by atoms with Crippen molar-refractivity contribution in [2.45, 2.75) is 9.79 Å². The predicted molar refractivity (Wildman–Crippen MR) is 63.4 cm³/mol. The van der Waals surface area contributed by atoms with Gasteiger partial charge in [-0.2, -0.15) is 0 Å². The van der Waals surface area contributed by atoms with E-state index >= 15 is 0 Å². The molecule has 17 heavy (non-hydrogen) atoms. The van der Waals surface area contributed by atoms with Crippen molar-refractivity contribution in [2.75, 3.05) is 19.5 Å². The Bertz CT molecular complexity index is 592. The SMILES string of the molecule is COCCS(=O)(=O)c1cccc(S(=O)(=O)Cl)c1. The summed E-state index contributed by atoms with van der Waals surface area (Å²) in [6, 6.07) is 4.91. The summed E-state index contributed by atoms with van der Waals surface area (Å²) in [6.45, 7) is 0.0419. The number of rotatable bonds is 5. The van der Waals surface area contributed by atoms with Gasteiger partial charge in [-0.1, -0.05) is 6.07 Å². The third-order valence-corrected chi connectivity index (χ3v) is 5.03. The molecule has 0 saturated heterocycles. The molecule has 0 aliphatic carbocycles. The van der Waals surface area contributed by atoms with Crippen molar-refractivity contribution in [3.05, 3.63) is 24.3 Å². The van der Waals surface area contributed by atoms with E-state index in [-0.39, 0.29) is 22.2 Å². The molecule has 0 aromatic heterocycles. The molecule has 0 bridgehead atoms. The summed E-state index contributed by atoms with van der Waals surface area (Å²) in [5.41, 5.74) is 0. The Labute approximate surface area is 105 Å². The van der Waals surface area contributed by atoms with Gasteiger partial charge in [0, 0.05) is 17.8 Å². The van der Waals surface area contributed by atoms with Crippen LogP contribution in [0.25, 0.3) is 0 Å². The van der Waals surface area contributed by atoms with Crippen LogP contribution in [-0.4, -0.2) is 36.3 Å². The lowest BCUT2D eigenvalue weighted by Gasteiger charge is -2.04. The zero-order valence-corrected chi connectivity index (χ0v) is 11.3. The molecule has 5 nitrogen and oxygen atoms in total. The summed E-state index contributed by atoms with van der Waals surface area (Å²) in [7, 11) is -0.961. The molecule has 1 aromatic rings. The van der Waals surface area contributed by atoms with Crippen LogP contribution in [0.5, 0.6) is 0 Å². The second-order valence-electron chi connectivity index (χ2n) is 3.22. The van der Waals surface area contributed by atoms with Gasteiger partial charge in [-0.25, -0.2) is 16.8 Å². The summed E-state index contributed by atoms with van der Waals surface area (Å²) in [5.74, 6) is -0.213. The fourth-order valence-corrected chi connectivity index (χ4v) is 3.22. The van der Waals surface area contributed by atoms with E-state index in [1.807, 2.05) is 0 Å². The molecule has 8 heteroatoms. The van der Waals surface area contributed by atoms with Crippen LogP contribution in [-0.2, 0) is 23.6 Å². The third-order valence-electron chi connectivity index (χ3n) is 2.00. The van der Waals surface area contributed by atoms with Crippen LogP contribution in [0.4, 0.5) is 0 Å². The fraction of sp³-hybridized carbons (Fsp3) is 0.333. The topological polar surface area (TPSA) is 77.5 Å². The number of sulfone groups is 1. The van der Waals surface area contributed by atoms with Gasteiger partial charge in [0.05, 0.1) is 22.2 Å². The van der Waals surface area contributed by atoms with Crippen LogP contribution < -0.4 is 0 Å². The normalized spacial score (nSPS) is 12.6. The molecule has 0 spiro atoms. The van der Waals surface area contributed by atoms with Gasteiger partial charge in [0.25, 0.3) is 9.05 Å². The minimum atomic E-state index is -3.93. The zero-order valence-electron chi connectivity index (χ0n) is 8.96. The average Bonchev–Trinajstić information content (AvgIpc) is 2.25. The summed E-state index contributed by atoms with van der Waals surface area (Å²) in [5, 5.41) is 0. The predicted octanol–water partition coefficient (Wildman–Crippen LogP) is 1.03. The minimum Gasteiger partial charge on any atom is -0.384 e. The van der Waals surface area contributed by atoms with Gasteiger partial charge in [0.2, 0.25) is 0 Å². The molecule has 0 fully saturated rings. The second kappa shape index (κ2) is 5.34. The quantitative estimate of drug-likeness (QED) is 0.759. The number of ether oxygens (including phenoxy) is 1. The molecule has 0 aliphatic heterocycles. The van der Waals surface area contributed by atoms with E-state index < -0.39 is 18.9 Å².